The van der Waals surface area contributed by atoms with E-state index in [2.05, 4.69) is 15.1 Å². The van der Waals surface area contributed by atoms with Gasteiger partial charge in [0, 0.05) is 18.0 Å². The normalized spacial score (nSPS) is 25.9. The minimum absolute atomic E-state index is 0.110. The summed E-state index contributed by atoms with van der Waals surface area (Å²) in [5, 5.41) is 8.18. The number of carbonyl (C=O) groups is 1. The number of hydrogen-bond donors (Lipinski definition) is 1. The second-order valence-electron chi connectivity index (χ2n) is 6.02. The molecule has 1 saturated heterocycles. The topological polar surface area (TPSA) is 49.0 Å². The summed E-state index contributed by atoms with van der Waals surface area (Å²) in [5.41, 5.74) is 1.53. The van der Waals surface area contributed by atoms with E-state index in [1.54, 1.807) is 0 Å². The van der Waals surface area contributed by atoms with Crippen molar-refractivity contribution in [3.05, 3.63) is 30.0 Å². The number of aromatic nitrogens is 2. The van der Waals surface area contributed by atoms with Gasteiger partial charge in [0.1, 0.15) is 0 Å². The van der Waals surface area contributed by atoms with Crippen molar-refractivity contribution in [2.75, 3.05) is 6.54 Å². The smallest absolute Gasteiger partial charge is 0.275 e. The Bertz CT molecular complexity index is 648. The lowest BCUT2D eigenvalue weighted by molar-refractivity contribution is 0.0544. The number of benzene rings is 1. The van der Waals surface area contributed by atoms with E-state index in [1.807, 2.05) is 24.3 Å². The number of carbonyl (C=O) groups excluding carboxylic acids is 1. The van der Waals surface area contributed by atoms with Gasteiger partial charge >= 0.3 is 0 Å². The molecule has 20 heavy (non-hydrogen) atoms. The first-order valence-corrected chi connectivity index (χ1v) is 7.58. The summed E-state index contributed by atoms with van der Waals surface area (Å²) in [6.45, 7) is 0.890. The van der Waals surface area contributed by atoms with E-state index in [-0.39, 0.29) is 5.91 Å². The highest BCUT2D eigenvalue weighted by Crippen LogP contribution is 2.37. The van der Waals surface area contributed by atoms with Gasteiger partial charge < -0.3 is 4.90 Å². The molecular weight excluding hydrogens is 250 g/mol. The molecule has 0 spiro atoms. The highest BCUT2D eigenvalue weighted by molar-refractivity contribution is 6.04. The zero-order chi connectivity index (χ0) is 13.5. The summed E-state index contributed by atoms with van der Waals surface area (Å²) in [6, 6.07) is 8.31. The van der Waals surface area contributed by atoms with Crippen molar-refractivity contribution in [3.8, 4) is 0 Å². The predicted octanol–water partition coefficient (Wildman–Crippen LogP) is 2.97. The predicted molar refractivity (Wildman–Crippen MR) is 77.5 cm³/mol. The Kier molecular flexibility index (Phi) is 2.76. The van der Waals surface area contributed by atoms with Crippen molar-refractivity contribution < 1.29 is 4.79 Å². The number of hydrogen-bond acceptors (Lipinski definition) is 2. The van der Waals surface area contributed by atoms with Crippen molar-refractivity contribution in [3.63, 3.8) is 0 Å². The SMILES string of the molecule is O=C(c1n[nH]c2ccccc12)N1CCCC2CCCC21. The number of rotatable bonds is 1. The van der Waals surface area contributed by atoms with Crippen molar-refractivity contribution in [2.24, 2.45) is 5.92 Å². The molecule has 0 radical (unpaired) electrons. The van der Waals surface area contributed by atoms with Gasteiger partial charge in [0.05, 0.1) is 5.52 Å². The maximum atomic E-state index is 12.9. The quantitative estimate of drug-likeness (QED) is 0.865. The lowest BCUT2D eigenvalue weighted by Gasteiger charge is -2.37. The number of fused-ring (bicyclic) bond motifs is 2. The zero-order valence-corrected chi connectivity index (χ0v) is 11.5. The molecule has 2 aromatic rings. The van der Waals surface area contributed by atoms with Crippen LogP contribution in [0.4, 0.5) is 0 Å². The summed E-state index contributed by atoms with van der Waals surface area (Å²) in [4.78, 5) is 14.9. The van der Waals surface area contributed by atoms with Crippen LogP contribution >= 0.6 is 0 Å². The van der Waals surface area contributed by atoms with Gasteiger partial charge in [-0.25, -0.2) is 0 Å². The van der Waals surface area contributed by atoms with Gasteiger partial charge in [0.25, 0.3) is 5.91 Å². The highest BCUT2D eigenvalue weighted by Gasteiger charge is 2.38. The van der Waals surface area contributed by atoms with Gasteiger partial charge in [0.15, 0.2) is 5.69 Å². The monoisotopic (exact) mass is 269 g/mol. The Morgan fingerprint density at radius 3 is 3.00 bits per heavy atom. The van der Waals surface area contributed by atoms with Crippen LogP contribution in [0.5, 0.6) is 0 Å². The van der Waals surface area contributed by atoms with Crippen molar-refractivity contribution in [2.45, 2.75) is 38.1 Å². The summed E-state index contributed by atoms with van der Waals surface area (Å²) in [6.07, 6.45) is 6.14. The zero-order valence-electron chi connectivity index (χ0n) is 11.5. The molecule has 1 aliphatic carbocycles. The molecule has 2 heterocycles. The van der Waals surface area contributed by atoms with Crippen molar-refractivity contribution >= 4 is 16.8 Å². The molecule has 1 aromatic carbocycles. The fourth-order valence-corrected chi connectivity index (χ4v) is 3.97. The number of amides is 1. The van der Waals surface area contributed by atoms with E-state index < -0.39 is 0 Å². The number of H-pyrrole nitrogens is 1. The number of aromatic amines is 1. The Balaban J connectivity index is 1.69. The Hall–Kier alpha value is -1.84. The lowest BCUT2D eigenvalue weighted by atomic mass is 9.91. The van der Waals surface area contributed by atoms with Crippen LogP contribution in [0.25, 0.3) is 10.9 Å². The number of likely N-dealkylation sites (tertiary alicyclic amines) is 1. The molecular formula is C16H19N3O. The van der Waals surface area contributed by atoms with Gasteiger partial charge in [-0.1, -0.05) is 24.6 Å². The van der Waals surface area contributed by atoms with Crippen LogP contribution < -0.4 is 0 Å². The first kappa shape index (κ1) is 11.9. The van der Waals surface area contributed by atoms with Crippen LogP contribution in [0.1, 0.15) is 42.6 Å². The number of piperidine rings is 1. The molecule has 104 valence electrons. The molecule has 1 amide bonds. The molecule has 1 saturated carbocycles. The molecule has 0 bridgehead atoms. The van der Waals surface area contributed by atoms with E-state index in [4.69, 9.17) is 0 Å². The second kappa shape index (κ2) is 4.62. The number of para-hydroxylation sites is 1. The van der Waals surface area contributed by atoms with Gasteiger partial charge in [-0.15, -0.1) is 0 Å². The van der Waals surface area contributed by atoms with Crippen LogP contribution in [0.15, 0.2) is 24.3 Å². The van der Waals surface area contributed by atoms with E-state index in [1.165, 1.54) is 25.7 Å². The summed E-state index contributed by atoms with van der Waals surface area (Å²) in [5.74, 6) is 0.831. The molecule has 2 unspecified atom stereocenters. The number of nitrogens with zero attached hydrogens (tertiary/aromatic N) is 2. The van der Waals surface area contributed by atoms with Crippen molar-refractivity contribution in [1.82, 2.24) is 15.1 Å². The Morgan fingerprint density at radius 1 is 1.20 bits per heavy atom. The highest BCUT2D eigenvalue weighted by atomic mass is 16.2. The first-order chi connectivity index (χ1) is 9.84. The summed E-state index contributed by atoms with van der Waals surface area (Å²) in [7, 11) is 0. The third kappa shape index (κ3) is 1.74. The van der Waals surface area contributed by atoms with Crippen LogP contribution in [0.2, 0.25) is 0 Å². The van der Waals surface area contributed by atoms with E-state index in [9.17, 15) is 4.79 Å². The first-order valence-electron chi connectivity index (χ1n) is 7.58. The third-order valence-electron chi connectivity index (χ3n) is 4.93. The molecule has 2 aliphatic rings. The van der Waals surface area contributed by atoms with Gasteiger partial charge in [-0.3, -0.25) is 9.89 Å². The summed E-state index contributed by atoms with van der Waals surface area (Å²) < 4.78 is 0. The van der Waals surface area contributed by atoms with Gasteiger partial charge in [-0.05, 0) is 37.7 Å². The molecule has 1 aromatic heterocycles. The van der Waals surface area contributed by atoms with Gasteiger partial charge in [0.2, 0.25) is 0 Å². The van der Waals surface area contributed by atoms with E-state index in [0.717, 1.165) is 29.8 Å². The molecule has 4 nitrogen and oxygen atoms in total. The van der Waals surface area contributed by atoms with Crippen LogP contribution in [-0.4, -0.2) is 33.6 Å². The molecule has 1 N–H and O–H groups in total. The largest absolute Gasteiger partial charge is 0.334 e. The molecule has 4 heteroatoms. The maximum absolute atomic E-state index is 12.9. The van der Waals surface area contributed by atoms with Crippen molar-refractivity contribution in [1.29, 1.82) is 0 Å². The maximum Gasteiger partial charge on any atom is 0.275 e. The summed E-state index contributed by atoms with van der Waals surface area (Å²) >= 11 is 0. The molecule has 4 rings (SSSR count). The number of nitrogens with one attached hydrogen (secondary N) is 1. The lowest BCUT2D eigenvalue weighted by Crippen LogP contribution is -2.46. The van der Waals surface area contributed by atoms with Crippen LogP contribution in [0, 0.1) is 5.92 Å². The fraction of sp³-hybridized carbons (Fsp3) is 0.500. The molecule has 2 fully saturated rings. The minimum Gasteiger partial charge on any atom is -0.334 e. The Labute approximate surface area is 118 Å². The van der Waals surface area contributed by atoms with Crippen LogP contribution in [0.3, 0.4) is 0 Å². The average Bonchev–Trinajstić information content (AvgIpc) is 3.12. The Morgan fingerprint density at radius 2 is 2.05 bits per heavy atom. The molecule has 1 aliphatic heterocycles. The van der Waals surface area contributed by atoms with Crippen LogP contribution in [-0.2, 0) is 0 Å². The minimum atomic E-state index is 0.110. The molecule has 2 atom stereocenters. The van der Waals surface area contributed by atoms with E-state index in [0.29, 0.717) is 11.7 Å². The van der Waals surface area contributed by atoms with Gasteiger partial charge in [-0.2, -0.15) is 5.10 Å². The second-order valence-corrected chi connectivity index (χ2v) is 6.02. The fourth-order valence-electron chi connectivity index (χ4n) is 3.97. The standard InChI is InChI=1S/C16H19N3O/c20-16(15-12-7-1-2-8-13(12)17-18-15)19-10-4-6-11-5-3-9-14(11)19/h1-2,7-8,11,14H,3-6,9-10H2,(H,17,18). The third-order valence-corrected chi connectivity index (χ3v) is 4.93. The van der Waals surface area contributed by atoms with E-state index >= 15 is 0 Å². The average molecular weight is 269 g/mol.